The SMILES string of the molecule is CC(C)C(C)(N)c1cccc2c1OCO2. The van der Waals surface area contributed by atoms with Crippen molar-refractivity contribution in [3.63, 3.8) is 0 Å². The molecular weight excluding hydrogens is 190 g/mol. The number of hydrogen-bond acceptors (Lipinski definition) is 3. The summed E-state index contributed by atoms with van der Waals surface area (Å²) in [6.07, 6.45) is 0. The second-order valence-corrected chi connectivity index (χ2v) is 4.48. The molecule has 1 aromatic rings. The van der Waals surface area contributed by atoms with Crippen LogP contribution in [0.1, 0.15) is 26.3 Å². The largest absolute Gasteiger partial charge is 0.454 e. The minimum Gasteiger partial charge on any atom is -0.454 e. The molecule has 0 saturated carbocycles. The molecule has 1 unspecified atom stereocenters. The predicted octanol–water partition coefficient (Wildman–Crippen LogP) is 2.25. The zero-order chi connectivity index (χ0) is 11.1. The Morgan fingerprint density at radius 2 is 2.07 bits per heavy atom. The molecule has 0 aromatic heterocycles. The van der Waals surface area contributed by atoms with Crippen molar-refractivity contribution < 1.29 is 9.47 Å². The molecule has 0 aliphatic carbocycles. The van der Waals surface area contributed by atoms with Gasteiger partial charge in [-0.1, -0.05) is 26.0 Å². The lowest BCUT2D eigenvalue weighted by molar-refractivity contribution is 0.171. The molecule has 82 valence electrons. The minimum absolute atomic E-state index is 0.292. The van der Waals surface area contributed by atoms with Crippen molar-refractivity contribution in [2.75, 3.05) is 6.79 Å². The van der Waals surface area contributed by atoms with Gasteiger partial charge in [-0.2, -0.15) is 0 Å². The summed E-state index contributed by atoms with van der Waals surface area (Å²) in [6, 6.07) is 5.87. The number of rotatable bonds is 2. The van der Waals surface area contributed by atoms with Gasteiger partial charge in [0.1, 0.15) is 0 Å². The van der Waals surface area contributed by atoms with Gasteiger partial charge in [-0.05, 0) is 18.9 Å². The van der Waals surface area contributed by atoms with Gasteiger partial charge in [0.15, 0.2) is 11.5 Å². The lowest BCUT2D eigenvalue weighted by Gasteiger charge is -2.30. The Labute approximate surface area is 90.2 Å². The lowest BCUT2D eigenvalue weighted by Crippen LogP contribution is -2.38. The smallest absolute Gasteiger partial charge is 0.231 e. The molecule has 1 atom stereocenters. The van der Waals surface area contributed by atoms with E-state index in [9.17, 15) is 0 Å². The van der Waals surface area contributed by atoms with Crippen LogP contribution in [0.3, 0.4) is 0 Å². The maximum Gasteiger partial charge on any atom is 0.231 e. The van der Waals surface area contributed by atoms with Gasteiger partial charge in [-0.25, -0.2) is 0 Å². The van der Waals surface area contributed by atoms with Crippen molar-refractivity contribution in [3.8, 4) is 11.5 Å². The van der Waals surface area contributed by atoms with E-state index in [-0.39, 0.29) is 5.54 Å². The van der Waals surface area contributed by atoms with Crippen LogP contribution < -0.4 is 15.2 Å². The van der Waals surface area contributed by atoms with Crippen molar-refractivity contribution in [3.05, 3.63) is 23.8 Å². The Balaban J connectivity index is 2.49. The molecular formula is C12H17NO2. The van der Waals surface area contributed by atoms with E-state index in [0.29, 0.717) is 12.7 Å². The summed E-state index contributed by atoms with van der Waals surface area (Å²) < 4.78 is 10.8. The summed E-state index contributed by atoms with van der Waals surface area (Å²) in [5, 5.41) is 0. The molecule has 1 aliphatic heterocycles. The van der Waals surface area contributed by atoms with Gasteiger partial charge in [0.2, 0.25) is 6.79 Å². The van der Waals surface area contributed by atoms with Crippen LogP contribution in [0.5, 0.6) is 11.5 Å². The van der Waals surface area contributed by atoms with Crippen LogP contribution in [0.4, 0.5) is 0 Å². The van der Waals surface area contributed by atoms with Crippen LogP contribution in [0.15, 0.2) is 18.2 Å². The summed E-state index contributed by atoms with van der Waals surface area (Å²) in [6.45, 7) is 6.53. The third-order valence-corrected chi connectivity index (χ3v) is 3.18. The second kappa shape index (κ2) is 3.42. The Hall–Kier alpha value is -1.22. The van der Waals surface area contributed by atoms with Crippen molar-refractivity contribution in [1.82, 2.24) is 0 Å². The van der Waals surface area contributed by atoms with Gasteiger partial charge in [0.05, 0.1) is 0 Å². The molecule has 0 amide bonds. The summed E-state index contributed by atoms with van der Waals surface area (Å²) in [7, 11) is 0. The van der Waals surface area contributed by atoms with E-state index in [0.717, 1.165) is 17.1 Å². The number of para-hydroxylation sites is 1. The van der Waals surface area contributed by atoms with Crippen LogP contribution in [0.2, 0.25) is 0 Å². The van der Waals surface area contributed by atoms with E-state index in [4.69, 9.17) is 15.2 Å². The molecule has 0 saturated heterocycles. The minimum atomic E-state index is -0.390. The maximum atomic E-state index is 6.32. The predicted molar refractivity (Wildman–Crippen MR) is 58.9 cm³/mol. The fourth-order valence-corrected chi connectivity index (χ4v) is 1.67. The Morgan fingerprint density at radius 1 is 1.33 bits per heavy atom. The van der Waals surface area contributed by atoms with E-state index >= 15 is 0 Å². The molecule has 1 aromatic carbocycles. The molecule has 15 heavy (non-hydrogen) atoms. The van der Waals surface area contributed by atoms with Gasteiger partial charge in [-0.3, -0.25) is 0 Å². The first kappa shape index (κ1) is 10.3. The van der Waals surface area contributed by atoms with Crippen molar-refractivity contribution in [1.29, 1.82) is 0 Å². The fourth-order valence-electron chi connectivity index (χ4n) is 1.67. The highest BCUT2D eigenvalue weighted by atomic mass is 16.7. The van der Waals surface area contributed by atoms with Crippen LogP contribution >= 0.6 is 0 Å². The molecule has 0 fully saturated rings. The Kier molecular flexibility index (Phi) is 2.35. The third kappa shape index (κ3) is 1.57. The van der Waals surface area contributed by atoms with Crippen LogP contribution in [0, 0.1) is 5.92 Å². The average Bonchev–Trinajstić information content (AvgIpc) is 2.64. The summed E-state index contributed by atoms with van der Waals surface area (Å²) in [5.74, 6) is 1.94. The summed E-state index contributed by atoms with van der Waals surface area (Å²) in [4.78, 5) is 0. The molecule has 3 heteroatoms. The Bertz CT molecular complexity index is 372. The highest BCUT2D eigenvalue weighted by Crippen LogP contribution is 2.41. The highest BCUT2D eigenvalue weighted by molar-refractivity contribution is 5.51. The number of ether oxygens (including phenoxy) is 2. The van der Waals surface area contributed by atoms with Crippen molar-refractivity contribution in [2.24, 2.45) is 11.7 Å². The Morgan fingerprint density at radius 3 is 2.73 bits per heavy atom. The highest BCUT2D eigenvalue weighted by Gasteiger charge is 2.31. The van der Waals surface area contributed by atoms with Crippen molar-refractivity contribution >= 4 is 0 Å². The third-order valence-electron chi connectivity index (χ3n) is 3.18. The molecule has 2 rings (SSSR count). The molecule has 1 aliphatic rings. The lowest BCUT2D eigenvalue weighted by atomic mass is 9.82. The van der Waals surface area contributed by atoms with Crippen molar-refractivity contribution in [2.45, 2.75) is 26.3 Å². The monoisotopic (exact) mass is 207 g/mol. The number of nitrogens with two attached hydrogens (primary N) is 1. The van der Waals surface area contributed by atoms with Gasteiger partial charge >= 0.3 is 0 Å². The number of benzene rings is 1. The topological polar surface area (TPSA) is 44.5 Å². The molecule has 0 bridgehead atoms. The number of fused-ring (bicyclic) bond motifs is 1. The fraction of sp³-hybridized carbons (Fsp3) is 0.500. The van der Waals surface area contributed by atoms with E-state index in [1.165, 1.54) is 0 Å². The zero-order valence-electron chi connectivity index (χ0n) is 9.41. The van der Waals surface area contributed by atoms with Crippen LogP contribution in [-0.2, 0) is 5.54 Å². The molecule has 0 radical (unpaired) electrons. The second-order valence-electron chi connectivity index (χ2n) is 4.48. The van der Waals surface area contributed by atoms with Gasteiger partial charge in [0, 0.05) is 11.1 Å². The summed E-state index contributed by atoms with van der Waals surface area (Å²) in [5.41, 5.74) is 6.95. The quantitative estimate of drug-likeness (QED) is 0.809. The van der Waals surface area contributed by atoms with E-state index in [2.05, 4.69) is 13.8 Å². The summed E-state index contributed by atoms with van der Waals surface area (Å²) >= 11 is 0. The molecule has 1 heterocycles. The normalized spacial score (nSPS) is 17.9. The van der Waals surface area contributed by atoms with Gasteiger partial charge in [-0.15, -0.1) is 0 Å². The van der Waals surface area contributed by atoms with E-state index in [1.54, 1.807) is 0 Å². The van der Waals surface area contributed by atoms with E-state index < -0.39 is 0 Å². The molecule has 0 spiro atoms. The molecule has 3 nitrogen and oxygen atoms in total. The van der Waals surface area contributed by atoms with Gasteiger partial charge in [0.25, 0.3) is 0 Å². The average molecular weight is 207 g/mol. The van der Waals surface area contributed by atoms with Gasteiger partial charge < -0.3 is 15.2 Å². The first-order valence-corrected chi connectivity index (χ1v) is 5.21. The van der Waals surface area contributed by atoms with Crippen LogP contribution in [-0.4, -0.2) is 6.79 Å². The zero-order valence-corrected chi connectivity index (χ0v) is 9.41. The molecule has 2 N–H and O–H groups in total. The standard InChI is InChI=1S/C12H17NO2/c1-8(2)12(3,13)9-5-4-6-10-11(9)15-7-14-10/h4-6,8H,7,13H2,1-3H3. The number of hydrogen-bond donors (Lipinski definition) is 1. The van der Waals surface area contributed by atoms with Crippen LogP contribution in [0.25, 0.3) is 0 Å². The first-order chi connectivity index (χ1) is 7.03. The maximum absolute atomic E-state index is 6.32. The first-order valence-electron chi connectivity index (χ1n) is 5.21. The van der Waals surface area contributed by atoms with E-state index in [1.807, 2.05) is 25.1 Å².